The lowest BCUT2D eigenvalue weighted by Crippen LogP contribution is -2.33. The molecule has 0 fully saturated rings. The fourth-order valence-electron chi connectivity index (χ4n) is 2.62. The van der Waals surface area contributed by atoms with Crippen molar-refractivity contribution in [3.05, 3.63) is 36.0 Å². The maximum atomic E-state index is 11.9. The molecule has 0 aliphatic carbocycles. The van der Waals surface area contributed by atoms with Crippen LogP contribution in [-0.4, -0.2) is 42.0 Å². The number of nitrogens with one attached hydrogen (secondary N) is 2. The van der Waals surface area contributed by atoms with Gasteiger partial charge in [0.1, 0.15) is 0 Å². The van der Waals surface area contributed by atoms with Crippen LogP contribution in [0.3, 0.4) is 0 Å². The number of nitrogens with zero attached hydrogens (tertiary/aromatic N) is 1. The topological polar surface area (TPSA) is 48.1 Å². The van der Waals surface area contributed by atoms with E-state index in [1.807, 2.05) is 24.8 Å². The number of benzene rings is 1. The maximum absolute atomic E-state index is 11.9. The van der Waals surface area contributed by atoms with Crippen LogP contribution in [0.4, 0.5) is 0 Å². The molecule has 21 heavy (non-hydrogen) atoms. The Morgan fingerprint density at radius 2 is 1.95 bits per heavy atom. The lowest BCUT2D eigenvalue weighted by atomic mass is 10.1. The molecule has 4 nitrogen and oxygen atoms in total. The molecular formula is C17H25N3O. The number of H-pyrrole nitrogens is 1. The number of para-hydroxylation sites is 1. The summed E-state index contributed by atoms with van der Waals surface area (Å²) < 4.78 is 0. The van der Waals surface area contributed by atoms with E-state index in [0.717, 1.165) is 32.6 Å². The summed E-state index contributed by atoms with van der Waals surface area (Å²) in [4.78, 5) is 17.0. The smallest absolute Gasteiger partial charge is 0.223 e. The van der Waals surface area contributed by atoms with Crippen LogP contribution in [0.25, 0.3) is 10.9 Å². The lowest BCUT2D eigenvalue weighted by molar-refractivity contribution is -0.130. The molecular weight excluding hydrogens is 262 g/mol. The Morgan fingerprint density at radius 1 is 1.19 bits per heavy atom. The van der Waals surface area contributed by atoms with Crippen LogP contribution in [0, 0.1) is 0 Å². The van der Waals surface area contributed by atoms with Gasteiger partial charge in [0, 0.05) is 43.2 Å². The minimum absolute atomic E-state index is 0.236. The average Bonchev–Trinajstić information content (AvgIpc) is 2.91. The SMILES string of the molecule is CCN(CC)C(=O)CCNCCc1c[nH]c2ccccc12. The number of aromatic nitrogens is 1. The van der Waals surface area contributed by atoms with Crippen molar-refractivity contribution in [2.45, 2.75) is 26.7 Å². The van der Waals surface area contributed by atoms with Crippen molar-refractivity contribution in [2.75, 3.05) is 26.2 Å². The van der Waals surface area contributed by atoms with Gasteiger partial charge >= 0.3 is 0 Å². The van der Waals surface area contributed by atoms with Gasteiger partial charge in [0.2, 0.25) is 5.91 Å². The van der Waals surface area contributed by atoms with E-state index in [0.29, 0.717) is 6.42 Å². The normalized spacial score (nSPS) is 11.0. The summed E-state index contributed by atoms with van der Waals surface area (Å²) >= 11 is 0. The largest absolute Gasteiger partial charge is 0.361 e. The molecule has 2 N–H and O–H groups in total. The lowest BCUT2D eigenvalue weighted by Gasteiger charge is -2.18. The second-order valence-electron chi connectivity index (χ2n) is 5.18. The first-order valence-corrected chi connectivity index (χ1v) is 7.79. The molecule has 0 unspecified atom stereocenters. The molecule has 0 atom stereocenters. The van der Waals surface area contributed by atoms with Gasteiger partial charge in [0.25, 0.3) is 0 Å². The van der Waals surface area contributed by atoms with Crippen molar-refractivity contribution in [1.29, 1.82) is 0 Å². The molecule has 4 heteroatoms. The number of amides is 1. The van der Waals surface area contributed by atoms with Gasteiger partial charge < -0.3 is 15.2 Å². The van der Waals surface area contributed by atoms with Crippen LogP contribution in [-0.2, 0) is 11.2 Å². The summed E-state index contributed by atoms with van der Waals surface area (Å²) in [6, 6.07) is 8.34. The molecule has 0 spiro atoms. The van der Waals surface area contributed by atoms with Crippen molar-refractivity contribution < 1.29 is 4.79 Å². The molecule has 0 saturated carbocycles. The van der Waals surface area contributed by atoms with E-state index in [4.69, 9.17) is 0 Å². The molecule has 0 aliphatic rings. The van der Waals surface area contributed by atoms with Gasteiger partial charge in [-0.05, 0) is 38.4 Å². The van der Waals surface area contributed by atoms with E-state index >= 15 is 0 Å². The third-order valence-corrected chi connectivity index (χ3v) is 3.88. The number of hydrogen-bond acceptors (Lipinski definition) is 2. The van der Waals surface area contributed by atoms with Crippen molar-refractivity contribution in [2.24, 2.45) is 0 Å². The summed E-state index contributed by atoms with van der Waals surface area (Å²) in [7, 11) is 0. The first kappa shape index (κ1) is 15.6. The van der Waals surface area contributed by atoms with Crippen molar-refractivity contribution in [3.63, 3.8) is 0 Å². The molecule has 0 aliphatic heterocycles. The zero-order chi connectivity index (χ0) is 15.1. The van der Waals surface area contributed by atoms with Gasteiger partial charge in [0.15, 0.2) is 0 Å². The van der Waals surface area contributed by atoms with Gasteiger partial charge in [-0.2, -0.15) is 0 Å². The molecule has 1 amide bonds. The van der Waals surface area contributed by atoms with E-state index in [1.165, 1.54) is 16.5 Å². The fourth-order valence-corrected chi connectivity index (χ4v) is 2.62. The Labute approximate surface area is 126 Å². The van der Waals surface area contributed by atoms with Gasteiger partial charge in [-0.1, -0.05) is 18.2 Å². The Balaban J connectivity index is 1.72. The van der Waals surface area contributed by atoms with Crippen molar-refractivity contribution in [3.8, 4) is 0 Å². The fraction of sp³-hybridized carbons (Fsp3) is 0.471. The van der Waals surface area contributed by atoms with E-state index < -0.39 is 0 Å². The number of carbonyl (C=O) groups excluding carboxylic acids is 1. The van der Waals surface area contributed by atoms with Crippen LogP contribution in [0.1, 0.15) is 25.8 Å². The van der Waals surface area contributed by atoms with Crippen molar-refractivity contribution in [1.82, 2.24) is 15.2 Å². The molecule has 1 heterocycles. The maximum Gasteiger partial charge on any atom is 0.223 e. The third kappa shape index (κ3) is 4.08. The molecule has 1 aromatic heterocycles. The highest BCUT2D eigenvalue weighted by Crippen LogP contribution is 2.17. The molecule has 2 aromatic rings. The Bertz CT molecular complexity index is 572. The monoisotopic (exact) mass is 287 g/mol. The van der Waals surface area contributed by atoms with Gasteiger partial charge in [-0.3, -0.25) is 4.79 Å². The standard InChI is InChI=1S/C17H25N3O/c1-3-20(4-2)17(21)10-12-18-11-9-14-13-19-16-8-6-5-7-15(14)16/h5-8,13,18-19H,3-4,9-12H2,1-2H3. The minimum atomic E-state index is 0.236. The molecule has 1 aromatic carbocycles. The quantitative estimate of drug-likeness (QED) is 0.733. The number of fused-ring (bicyclic) bond motifs is 1. The Hall–Kier alpha value is -1.81. The molecule has 0 saturated heterocycles. The highest BCUT2D eigenvalue weighted by Gasteiger charge is 2.08. The predicted molar refractivity (Wildman–Crippen MR) is 87.4 cm³/mol. The zero-order valence-corrected chi connectivity index (χ0v) is 13.0. The Morgan fingerprint density at radius 3 is 2.71 bits per heavy atom. The first-order valence-electron chi connectivity index (χ1n) is 7.79. The van der Waals surface area contributed by atoms with Crippen molar-refractivity contribution >= 4 is 16.8 Å². The van der Waals surface area contributed by atoms with E-state index in [9.17, 15) is 4.79 Å². The highest BCUT2D eigenvalue weighted by molar-refractivity contribution is 5.83. The summed E-state index contributed by atoms with van der Waals surface area (Å²) in [5, 5.41) is 4.65. The average molecular weight is 287 g/mol. The van der Waals surface area contributed by atoms with Crippen LogP contribution in [0.5, 0.6) is 0 Å². The summed E-state index contributed by atoms with van der Waals surface area (Å²) in [5.74, 6) is 0.236. The second kappa shape index (κ2) is 7.84. The second-order valence-corrected chi connectivity index (χ2v) is 5.18. The third-order valence-electron chi connectivity index (χ3n) is 3.88. The van der Waals surface area contributed by atoms with E-state index in [-0.39, 0.29) is 5.91 Å². The highest BCUT2D eigenvalue weighted by atomic mass is 16.2. The number of carbonyl (C=O) groups is 1. The Kier molecular flexibility index (Phi) is 5.81. The molecule has 2 rings (SSSR count). The zero-order valence-electron chi connectivity index (χ0n) is 13.0. The number of rotatable bonds is 8. The first-order chi connectivity index (χ1) is 10.3. The molecule has 0 bridgehead atoms. The summed E-state index contributed by atoms with van der Waals surface area (Å²) in [6.45, 7) is 7.28. The van der Waals surface area contributed by atoms with E-state index in [1.54, 1.807) is 0 Å². The van der Waals surface area contributed by atoms with Gasteiger partial charge in [0.05, 0.1) is 0 Å². The van der Waals surface area contributed by atoms with Crippen LogP contribution >= 0.6 is 0 Å². The minimum Gasteiger partial charge on any atom is -0.361 e. The number of hydrogen-bond donors (Lipinski definition) is 2. The summed E-state index contributed by atoms with van der Waals surface area (Å²) in [6.07, 6.45) is 3.63. The van der Waals surface area contributed by atoms with Gasteiger partial charge in [-0.25, -0.2) is 0 Å². The summed E-state index contributed by atoms with van der Waals surface area (Å²) in [5.41, 5.74) is 2.51. The molecule has 114 valence electrons. The van der Waals surface area contributed by atoms with Gasteiger partial charge in [-0.15, -0.1) is 0 Å². The van der Waals surface area contributed by atoms with Crippen LogP contribution < -0.4 is 5.32 Å². The predicted octanol–water partition coefficient (Wildman–Crippen LogP) is 2.56. The van der Waals surface area contributed by atoms with Crippen LogP contribution in [0.2, 0.25) is 0 Å². The van der Waals surface area contributed by atoms with Crippen LogP contribution in [0.15, 0.2) is 30.5 Å². The van der Waals surface area contributed by atoms with E-state index in [2.05, 4.69) is 34.7 Å². The number of aromatic amines is 1. The molecule has 0 radical (unpaired) electrons.